The maximum Gasteiger partial charge on any atom is 0.164 e. The fourth-order valence-corrected chi connectivity index (χ4v) is 9.52. The van der Waals surface area contributed by atoms with Gasteiger partial charge in [0.2, 0.25) is 0 Å². The van der Waals surface area contributed by atoms with E-state index >= 15 is 0 Å². The van der Waals surface area contributed by atoms with Gasteiger partial charge in [0.1, 0.15) is 5.01 Å². The third-order valence-corrected chi connectivity index (χ3v) is 12.2. The number of fused-ring (bicyclic) bond motifs is 9. The first-order chi connectivity index (χ1) is 25.7. The smallest absolute Gasteiger partial charge is 0.164 e. The Morgan fingerprint density at radius 1 is 0.327 bits per heavy atom. The van der Waals surface area contributed by atoms with Crippen LogP contribution in [0.5, 0.6) is 0 Å². The van der Waals surface area contributed by atoms with Crippen LogP contribution in [-0.4, -0.2) is 19.9 Å². The summed E-state index contributed by atoms with van der Waals surface area (Å²) in [6.07, 6.45) is 0. The zero-order valence-electron chi connectivity index (χ0n) is 27.6. The third-order valence-electron chi connectivity index (χ3n) is 9.95. The number of benzene rings is 8. The van der Waals surface area contributed by atoms with Gasteiger partial charge in [0.05, 0.1) is 10.2 Å². The molecule has 242 valence electrons. The Bertz CT molecular complexity index is 3200. The first kappa shape index (κ1) is 29.4. The monoisotopic (exact) mass is 698 g/mol. The molecule has 8 aromatic carbocycles. The van der Waals surface area contributed by atoms with Gasteiger partial charge in [-0.15, -0.1) is 22.7 Å². The number of hydrogen-bond acceptors (Lipinski definition) is 6. The minimum absolute atomic E-state index is 0.656. The molecule has 0 amide bonds. The molecule has 3 aromatic heterocycles. The highest BCUT2D eigenvalue weighted by atomic mass is 32.1. The molecule has 4 nitrogen and oxygen atoms in total. The SMILES string of the molecule is c1ccc(-c2nc(-c3ccc4c(c3)sc3ccc(-c5nc6c(ccc7ccccc76)s5)cc34)nc(-c3cccc4c3ccc3ccccc34)n2)cc1. The number of nitrogens with zero attached hydrogens (tertiary/aromatic N) is 4. The van der Waals surface area contributed by atoms with Crippen molar-refractivity contribution in [3.8, 4) is 44.7 Å². The van der Waals surface area contributed by atoms with Crippen LogP contribution in [0.15, 0.2) is 158 Å². The largest absolute Gasteiger partial charge is 0.235 e. The van der Waals surface area contributed by atoms with Crippen molar-refractivity contribution >= 4 is 85.4 Å². The lowest BCUT2D eigenvalue weighted by Crippen LogP contribution is -2.00. The molecule has 6 heteroatoms. The second kappa shape index (κ2) is 11.6. The van der Waals surface area contributed by atoms with E-state index in [2.05, 4.69) is 140 Å². The van der Waals surface area contributed by atoms with Crippen molar-refractivity contribution in [3.63, 3.8) is 0 Å². The summed E-state index contributed by atoms with van der Waals surface area (Å²) in [5.41, 5.74) is 5.11. The summed E-state index contributed by atoms with van der Waals surface area (Å²) in [4.78, 5) is 20.4. The minimum atomic E-state index is 0.656. The summed E-state index contributed by atoms with van der Waals surface area (Å²) < 4.78 is 3.64. The summed E-state index contributed by atoms with van der Waals surface area (Å²) in [5, 5.41) is 10.6. The minimum Gasteiger partial charge on any atom is -0.235 e. The number of rotatable bonds is 4. The predicted octanol–water partition coefficient (Wildman–Crippen LogP) is 13.0. The Hall–Kier alpha value is -6.34. The molecule has 0 N–H and O–H groups in total. The molecule has 11 aromatic rings. The lowest BCUT2D eigenvalue weighted by atomic mass is 9.98. The molecule has 0 bridgehead atoms. The van der Waals surface area contributed by atoms with Crippen molar-refractivity contribution in [2.24, 2.45) is 0 Å². The van der Waals surface area contributed by atoms with Gasteiger partial charge in [-0.3, -0.25) is 0 Å². The Labute approximate surface area is 306 Å². The summed E-state index contributed by atoms with van der Waals surface area (Å²) in [7, 11) is 0. The molecule has 0 saturated heterocycles. The van der Waals surface area contributed by atoms with Crippen molar-refractivity contribution in [1.29, 1.82) is 0 Å². The van der Waals surface area contributed by atoms with Crippen molar-refractivity contribution in [3.05, 3.63) is 158 Å². The Morgan fingerprint density at radius 2 is 1.00 bits per heavy atom. The molecule has 0 fully saturated rings. The molecule has 0 aliphatic rings. The van der Waals surface area contributed by atoms with E-state index in [-0.39, 0.29) is 0 Å². The van der Waals surface area contributed by atoms with E-state index < -0.39 is 0 Å². The molecule has 0 aliphatic carbocycles. The molecule has 11 rings (SSSR count). The highest BCUT2D eigenvalue weighted by Crippen LogP contribution is 2.41. The molecule has 52 heavy (non-hydrogen) atoms. The number of thiophene rings is 1. The molecule has 0 saturated carbocycles. The third kappa shape index (κ3) is 4.73. The second-order valence-corrected chi connectivity index (χ2v) is 15.2. The van der Waals surface area contributed by atoms with Gasteiger partial charge < -0.3 is 0 Å². The molecule has 0 atom stereocenters. The molecule has 3 heterocycles. The first-order valence-electron chi connectivity index (χ1n) is 17.2. The van der Waals surface area contributed by atoms with Crippen LogP contribution >= 0.6 is 22.7 Å². The lowest BCUT2D eigenvalue weighted by Gasteiger charge is -2.11. The predicted molar refractivity (Wildman–Crippen MR) is 220 cm³/mol. The topological polar surface area (TPSA) is 51.6 Å². The quantitative estimate of drug-likeness (QED) is 0.172. The highest BCUT2D eigenvalue weighted by molar-refractivity contribution is 7.26. The number of hydrogen-bond donors (Lipinski definition) is 0. The zero-order chi connectivity index (χ0) is 34.2. The van der Waals surface area contributed by atoms with Crippen LogP contribution in [0.2, 0.25) is 0 Å². The van der Waals surface area contributed by atoms with Crippen LogP contribution in [0.3, 0.4) is 0 Å². The van der Waals surface area contributed by atoms with Gasteiger partial charge in [-0.1, -0.05) is 133 Å². The van der Waals surface area contributed by atoms with E-state index in [0.717, 1.165) is 38.2 Å². The Balaban J connectivity index is 1.05. The van der Waals surface area contributed by atoms with E-state index in [1.807, 2.05) is 18.2 Å². The first-order valence-corrected chi connectivity index (χ1v) is 18.8. The zero-order valence-corrected chi connectivity index (χ0v) is 29.2. The van der Waals surface area contributed by atoms with Gasteiger partial charge in [-0.25, -0.2) is 19.9 Å². The fraction of sp³-hybridized carbons (Fsp3) is 0. The Morgan fingerprint density at radius 3 is 1.88 bits per heavy atom. The molecule has 0 unspecified atom stereocenters. The van der Waals surface area contributed by atoms with Crippen LogP contribution in [0.25, 0.3) is 107 Å². The van der Waals surface area contributed by atoms with Crippen LogP contribution < -0.4 is 0 Å². The van der Waals surface area contributed by atoms with Gasteiger partial charge in [-0.05, 0) is 51.2 Å². The number of aromatic nitrogens is 4. The fourth-order valence-electron chi connectivity index (χ4n) is 7.41. The Kier molecular flexibility index (Phi) is 6.56. The van der Waals surface area contributed by atoms with E-state index in [0.29, 0.717) is 17.5 Å². The van der Waals surface area contributed by atoms with Gasteiger partial charge in [0.25, 0.3) is 0 Å². The van der Waals surface area contributed by atoms with Gasteiger partial charge in [0.15, 0.2) is 17.5 Å². The summed E-state index contributed by atoms with van der Waals surface area (Å²) >= 11 is 3.55. The van der Waals surface area contributed by atoms with Crippen molar-refractivity contribution in [2.45, 2.75) is 0 Å². The van der Waals surface area contributed by atoms with Gasteiger partial charge in [-0.2, -0.15) is 0 Å². The normalized spacial score (nSPS) is 11.8. The van der Waals surface area contributed by atoms with Crippen LogP contribution in [-0.2, 0) is 0 Å². The number of thiazole rings is 1. The highest BCUT2D eigenvalue weighted by Gasteiger charge is 2.17. The average Bonchev–Trinajstić information content (AvgIpc) is 3.82. The lowest BCUT2D eigenvalue weighted by molar-refractivity contribution is 1.08. The second-order valence-electron chi connectivity index (χ2n) is 13.0. The molecular formula is C46H26N4S2. The van der Waals surface area contributed by atoms with Crippen LogP contribution in [0.4, 0.5) is 0 Å². The van der Waals surface area contributed by atoms with Crippen molar-refractivity contribution in [1.82, 2.24) is 19.9 Å². The molecule has 0 radical (unpaired) electrons. The van der Waals surface area contributed by atoms with Crippen molar-refractivity contribution in [2.75, 3.05) is 0 Å². The summed E-state index contributed by atoms with van der Waals surface area (Å²) in [5.74, 6) is 1.97. The van der Waals surface area contributed by atoms with E-state index in [9.17, 15) is 0 Å². The van der Waals surface area contributed by atoms with E-state index in [4.69, 9.17) is 19.9 Å². The van der Waals surface area contributed by atoms with Crippen LogP contribution in [0.1, 0.15) is 0 Å². The molecule has 0 spiro atoms. The maximum absolute atomic E-state index is 5.16. The molecular weight excluding hydrogens is 673 g/mol. The summed E-state index contributed by atoms with van der Waals surface area (Å²) in [6.45, 7) is 0. The maximum atomic E-state index is 5.16. The van der Waals surface area contributed by atoms with Crippen LogP contribution in [0, 0.1) is 0 Å². The van der Waals surface area contributed by atoms with Gasteiger partial charge in [0, 0.05) is 47.8 Å². The van der Waals surface area contributed by atoms with Crippen molar-refractivity contribution < 1.29 is 0 Å². The summed E-state index contributed by atoms with van der Waals surface area (Å²) in [6, 6.07) is 55.7. The van der Waals surface area contributed by atoms with E-state index in [1.165, 1.54) is 51.8 Å². The van der Waals surface area contributed by atoms with E-state index in [1.54, 1.807) is 22.7 Å². The standard InChI is InChI=1S/C46H26N4S2/c1-2-11-29(12-3-1)43-48-44(50-45(49-43)37-16-8-15-34-32-13-6-4-9-27(32)17-21-35(34)37)30-18-22-36-38-25-31(20-23-39(38)51-41(36)26-30)46-47-42-33-14-7-5-10-28(33)19-24-40(42)52-46/h1-26H. The average molecular weight is 699 g/mol. The van der Waals surface area contributed by atoms with Gasteiger partial charge >= 0.3 is 0 Å². The molecule has 0 aliphatic heterocycles.